The largest absolute Gasteiger partial charge is 0.384 e. The van der Waals surface area contributed by atoms with E-state index in [1.807, 2.05) is 24.3 Å². The molecule has 1 aromatic heterocycles. The van der Waals surface area contributed by atoms with Crippen molar-refractivity contribution >= 4 is 21.4 Å². The van der Waals surface area contributed by atoms with E-state index in [1.165, 1.54) is 10.3 Å². The molecule has 2 aromatic carbocycles. The smallest absolute Gasteiger partial charge is 0.105 e. The van der Waals surface area contributed by atoms with E-state index >= 15 is 0 Å². The molecule has 19 heavy (non-hydrogen) atoms. The van der Waals surface area contributed by atoms with Gasteiger partial charge in [-0.3, -0.25) is 0 Å². The molecule has 1 N–H and O–H groups in total. The van der Waals surface area contributed by atoms with Gasteiger partial charge in [0.15, 0.2) is 0 Å². The van der Waals surface area contributed by atoms with E-state index in [0.29, 0.717) is 0 Å². The van der Waals surface area contributed by atoms with Gasteiger partial charge in [0.25, 0.3) is 0 Å². The van der Waals surface area contributed by atoms with Crippen molar-refractivity contribution in [2.45, 2.75) is 19.4 Å². The van der Waals surface area contributed by atoms with Crippen LogP contribution in [-0.2, 0) is 6.42 Å². The first-order chi connectivity index (χ1) is 9.29. The molecular formula is C17H16OS. The molecule has 3 aromatic rings. The van der Waals surface area contributed by atoms with Crippen LogP contribution in [0.25, 0.3) is 10.1 Å². The summed E-state index contributed by atoms with van der Waals surface area (Å²) in [5, 5.41) is 13.8. The summed E-state index contributed by atoms with van der Waals surface area (Å²) in [5.41, 5.74) is 3.26. The maximum Gasteiger partial charge on any atom is 0.105 e. The van der Waals surface area contributed by atoms with Crippen LogP contribution in [0.1, 0.15) is 29.7 Å². The number of aryl methyl sites for hydroxylation is 1. The summed E-state index contributed by atoms with van der Waals surface area (Å²) in [7, 11) is 0. The standard InChI is InChI=1S/C17H16OS/c1-2-12-7-9-13(10-8-12)17(18)15-11-19-16-6-4-3-5-14(15)16/h3-11,17-18H,2H2,1H3. The number of rotatable bonds is 3. The molecule has 0 amide bonds. The van der Waals surface area contributed by atoms with Gasteiger partial charge in [-0.15, -0.1) is 11.3 Å². The van der Waals surface area contributed by atoms with Crippen molar-refractivity contribution in [1.82, 2.24) is 0 Å². The van der Waals surface area contributed by atoms with Crippen LogP contribution >= 0.6 is 11.3 Å². The Morgan fingerprint density at radius 2 is 1.79 bits per heavy atom. The Balaban J connectivity index is 2.00. The lowest BCUT2D eigenvalue weighted by atomic mass is 9.99. The Morgan fingerprint density at radius 3 is 2.53 bits per heavy atom. The highest BCUT2D eigenvalue weighted by Gasteiger charge is 2.14. The van der Waals surface area contributed by atoms with E-state index in [4.69, 9.17) is 0 Å². The van der Waals surface area contributed by atoms with Crippen LogP contribution < -0.4 is 0 Å². The van der Waals surface area contributed by atoms with E-state index in [0.717, 1.165) is 22.9 Å². The lowest BCUT2D eigenvalue weighted by Gasteiger charge is -2.11. The Morgan fingerprint density at radius 1 is 1.05 bits per heavy atom. The number of benzene rings is 2. The van der Waals surface area contributed by atoms with Gasteiger partial charge >= 0.3 is 0 Å². The molecule has 2 heteroatoms. The Bertz CT molecular complexity index is 682. The molecule has 0 aliphatic heterocycles. The topological polar surface area (TPSA) is 20.2 Å². The van der Waals surface area contributed by atoms with Gasteiger partial charge in [-0.1, -0.05) is 49.4 Å². The highest BCUT2D eigenvalue weighted by atomic mass is 32.1. The predicted molar refractivity (Wildman–Crippen MR) is 81.7 cm³/mol. The summed E-state index contributed by atoms with van der Waals surface area (Å²) in [6, 6.07) is 16.4. The summed E-state index contributed by atoms with van der Waals surface area (Å²) in [6.45, 7) is 2.14. The Kier molecular flexibility index (Phi) is 3.36. The first-order valence-electron chi connectivity index (χ1n) is 6.52. The van der Waals surface area contributed by atoms with Gasteiger partial charge in [-0.2, -0.15) is 0 Å². The molecule has 0 aliphatic carbocycles. The van der Waals surface area contributed by atoms with Crippen LogP contribution in [0.2, 0.25) is 0 Å². The molecule has 0 saturated heterocycles. The molecule has 1 unspecified atom stereocenters. The van der Waals surface area contributed by atoms with E-state index in [-0.39, 0.29) is 0 Å². The molecular weight excluding hydrogens is 252 g/mol. The summed E-state index contributed by atoms with van der Waals surface area (Å²) in [6.07, 6.45) is 0.486. The number of aliphatic hydroxyl groups excluding tert-OH is 1. The maximum absolute atomic E-state index is 10.5. The van der Waals surface area contributed by atoms with E-state index in [9.17, 15) is 5.11 Å². The number of aliphatic hydroxyl groups is 1. The fraction of sp³-hybridized carbons (Fsp3) is 0.176. The van der Waals surface area contributed by atoms with Crippen molar-refractivity contribution in [3.8, 4) is 0 Å². The van der Waals surface area contributed by atoms with Gasteiger partial charge in [-0.05, 0) is 34.4 Å². The summed E-state index contributed by atoms with van der Waals surface area (Å²) in [4.78, 5) is 0. The minimum Gasteiger partial charge on any atom is -0.384 e. The fourth-order valence-electron chi connectivity index (χ4n) is 2.33. The first kappa shape index (κ1) is 12.4. The van der Waals surface area contributed by atoms with Gasteiger partial charge in [0.2, 0.25) is 0 Å². The number of thiophene rings is 1. The maximum atomic E-state index is 10.5. The third-order valence-corrected chi connectivity index (χ3v) is 4.49. The highest BCUT2D eigenvalue weighted by Crippen LogP contribution is 2.33. The van der Waals surface area contributed by atoms with Crippen LogP contribution in [0.15, 0.2) is 53.9 Å². The molecule has 0 spiro atoms. The lowest BCUT2D eigenvalue weighted by molar-refractivity contribution is 0.222. The van der Waals surface area contributed by atoms with Gasteiger partial charge < -0.3 is 5.11 Å². The predicted octanol–water partition coefficient (Wildman–Crippen LogP) is 4.55. The van der Waals surface area contributed by atoms with Gasteiger partial charge in [-0.25, -0.2) is 0 Å². The van der Waals surface area contributed by atoms with Crippen LogP contribution in [0.5, 0.6) is 0 Å². The van der Waals surface area contributed by atoms with Crippen LogP contribution in [0, 0.1) is 0 Å². The monoisotopic (exact) mass is 268 g/mol. The molecule has 0 aliphatic rings. The van der Waals surface area contributed by atoms with E-state index in [1.54, 1.807) is 11.3 Å². The number of hydrogen-bond donors (Lipinski definition) is 1. The van der Waals surface area contributed by atoms with Crippen LogP contribution in [0.3, 0.4) is 0 Å². The third-order valence-electron chi connectivity index (χ3n) is 3.51. The Hall–Kier alpha value is -1.64. The van der Waals surface area contributed by atoms with E-state index < -0.39 is 6.10 Å². The molecule has 0 radical (unpaired) electrons. The molecule has 1 nitrogen and oxygen atoms in total. The lowest BCUT2D eigenvalue weighted by Crippen LogP contribution is -1.98. The zero-order valence-corrected chi connectivity index (χ0v) is 11.7. The Labute approximate surface area is 117 Å². The average Bonchev–Trinajstić information content (AvgIpc) is 2.90. The molecule has 1 heterocycles. The molecule has 0 bridgehead atoms. The minimum atomic E-state index is -0.540. The SMILES string of the molecule is CCc1ccc(C(O)c2csc3ccccc23)cc1. The van der Waals surface area contributed by atoms with Crippen molar-refractivity contribution in [2.75, 3.05) is 0 Å². The van der Waals surface area contributed by atoms with Crippen molar-refractivity contribution in [1.29, 1.82) is 0 Å². The fourth-order valence-corrected chi connectivity index (χ4v) is 3.31. The minimum absolute atomic E-state index is 0.540. The van der Waals surface area contributed by atoms with Crippen LogP contribution in [0.4, 0.5) is 0 Å². The van der Waals surface area contributed by atoms with Crippen LogP contribution in [-0.4, -0.2) is 5.11 Å². The number of hydrogen-bond acceptors (Lipinski definition) is 2. The highest BCUT2D eigenvalue weighted by molar-refractivity contribution is 7.17. The van der Waals surface area contributed by atoms with Crippen molar-refractivity contribution in [3.63, 3.8) is 0 Å². The zero-order chi connectivity index (χ0) is 13.2. The quantitative estimate of drug-likeness (QED) is 0.739. The van der Waals surface area contributed by atoms with E-state index in [2.05, 4.69) is 36.6 Å². The summed E-state index contributed by atoms with van der Waals surface area (Å²) in [5.74, 6) is 0. The molecule has 0 saturated carbocycles. The van der Waals surface area contributed by atoms with Gasteiger partial charge in [0.05, 0.1) is 0 Å². The van der Waals surface area contributed by atoms with Gasteiger partial charge in [0.1, 0.15) is 6.10 Å². The molecule has 1 atom stereocenters. The third kappa shape index (κ3) is 2.29. The molecule has 0 fully saturated rings. The second-order valence-corrected chi connectivity index (χ2v) is 5.60. The summed E-state index contributed by atoms with van der Waals surface area (Å²) >= 11 is 1.68. The molecule has 96 valence electrons. The van der Waals surface area contributed by atoms with Crippen molar-refractivity contribution < 1.29 is 5.11 Å². The van der Waals surface area contributed by atoms with Crippen molar-refractivity contribution in [2.24, 2.45) is 0 Å². The second kappa shape index (κ2) is 5.16. The normalized spacial score (nSPS) is 12.7. The zero-order valence-electron chi connectivity index (χ0n) is 10.8. The van der Waals surface area contributed by atoms with Crippen molar-refractivity contribution in [3.05, 3.63) is 70.6 Å². The first-order valence-corrected chi connectivity index (χ1v) is 7.40. The number of fused-ring (bicyclic) bond motifs is 1. The summed E-state index contributed by atoms with van der Waals surface area (Å²) < 4.78 is 1.22. The van der Waals surface area contributed by atoms with Gasteiger partial charge in [0, 0.05) is 10.3 Å². The molecule has 3 rings (SSSR count). The second-order valence-electron chi connectivity index (χ2n) is 4.68. The average molecular weight is 268 g/mol.